The van der Waals surface area contributed by atoms with E-state index in [1.807, 2.05) is 0 Å². The standard InChI is InChI=1S/C10H20.C2H6O/c1-5-10(4)8-6-7-9(2)3;1-2-3/h7,10H,5-6,8H2,1-4H3;3H,2H2,1H3. The molecule has 0 aliphatic rings. The first-order chi connectivity index (χ1) is 6.08. The fraction of sp³-hybridized carbons (Fsp3) is 0.833. The van der Waals surface area contributed by atoms with Crippen molar-refractivity contribution in [1.29, 1.82) is 0 Å². The first-order valence-electron chi connectivity index (χ1n) is 5.32. The minimum absolute atomic E-state index is 0.250. The van der Waals surface area contributed by atoms with Gasteiger partial charge < -0.3 is 5.11 Å². The smallest absolute Gasteiger partial charge is 0.0402 e. The van der Waals surface area contributed by atoms with Crippen LogP contribution in [0.4, 0.5) is 0 Å². The molecule has 0 amide bonds. The van der Waals surface area contributed by atoms with E-state index >= 15 is 0 Å². The lowest BCUT2D eigenvalue weighted by Crippen LogP contribution is -1.89. The van der Waals surface area contributed by atoms with Crippen LogP contribution in [0.2, 0.25) is 0 Å². The SMILES string of the molecule is CCC(C)CCC=C(C)C.CCO. The monoisotopic (exact) mass is 186 g/mol. The average molecular weight is 186 g/mol. The number of hydrogen-bond acceptors (Lipinski definition) is 1. The van der Waals surface area contributed by atoms with E-state index in [0.717, 1.165) is 5.92 Å². The van der Waals surface area contributed by atoms with Crippen molar-refractivity contribution in [3.05, 3.63) is 11.6 Å². The van der Waals surface area contributed by atoms with Crippen LogP contribution in [0.5, 0.6) is 0 Å². The molecule has 80 valence electrons. The van der Waals surface area contributed by atoms with Crippen LogP contribution < -0.4 is 0 Å². The zero-order valence-electron chi connectivity index (χ0n) is 9.93. The molecule has 0 radical (unpaired) electrons. The van der Waals surface area contributed by atoms with E-state index in [1.165, 1.54) is 24.8 Å². The molecule has 0 spiro atoms. The van der Waals surface area contributed by atoms with Crippen LogP contribution in [0, 0.1) is 5.92 Å². The molecule has 0 aliphatic heterocycles. The molecule has 0 aromatic carbocycles. The number of aliphatic hydroxyl groups is 1. The third-order valence-electron chi connectivity index (χ3n) is 1.91. The van der Waals surface area contributed by atoms with Gasteiger partial charge in [-0.2, -0.15) is 0 Å². The summed E-state index contributed by atoms with van der Waals surface area (Å²) in [7, 11) is 0. The lowest BCUT2D eigenvalue weighted by molar-refractivity contribution is 0.318. The summed E-state index contributed by atoms with van der Waals surface area (Å²) in [5, 5.41) is 7.57. The van der Waals surface area contributed by atoms with Gasteiger partial charge in [0.1, 0.15) is 0 Å². The zero-order chi connectivity index (χ0) is 10.7. The van der Waals surface area contributed by atoms with Crippen LogP contribution in [-0.2, 0) is 0 Å². The molecule has 13 heavy (non-hydrogen) atoms. The topological polar surface area (TPSA) is 20.2 Å². The van der Waals surface area contributed by atoms with E-state index in [9.17, 15) is 0 Å². The van der Waals surface area contributed by atoms with Gasteiger partial charge in [0.15, 0.2) is 0 Å². The largest absolute Gasteiger partial charge is 0.397 e. The van der Waals surface area contributed by atoms with Crippen molar-refractivity contribution in [2.24, 2.45) is 5.92 Å². The van der Waals surface area contributed by atoms with Crippen LogP contribution >= 0.6 is 0 Å². The summed E-state index contributed by atoms with van der Waals surface area (Å²) in [6, 6.07) is 0. The molecule has 0 fully saturated rings. The van der Waals surface area contributed by atoms with Crippen molar-refractivity contribution in [3.8, 4) is 0 Å². The second kappa shape index (κ2) is 11.7. The fourth-order valence-electron chi connectivity index (χ4n) is 0.861. The molecule has 0 saturated carbocycles. The van der Waals surface area contributed by atoms with Gasteiger partial charge in [-0.1, -0.05) is 31.9 Å². The maximum atomic E-state index is 7.57. The van der Waals surface area contributed by atoms with Crippen molar-refractivity contribution >= 4 is 0 Å². The summed E-state index contributed by atoms with van der Waals surface area (Å²) in [6.45, 7) is 10.8. The molecule has 0 aliphatic carbocycles. The van der Waals surface area contributed by atoms with Gasteiger partial charge in [-0.3, -0.25) is 0 Å². The van der Waals surface area contributed by atoms with E-state index in [2.05, 4.69) is 33.8 Å². The maximum Gasteiger partial charge on any atom is 0.0402 e. The van der Waals surface area contributed by atoms with Crippen LogP contribution in [0.25, 0.3) is 0 Å². The molecule has 0 saturated heterocycles. The predicted molar refractivity (Wildman–Crippen MR) is 60.9 cm³/mol. The lowest BCUT2D eigenvalue weighted by atomic mass is 10.0. The average Bonchev–Trinajstić information content (AvgIpc) is 2.05. The molecule has 1 nitrogen and oxygen atoms in total. The summed E-state index contributed by atoms with van der Waals surface area (Å²) < 4.78 is 0. The molecule has 1 unspecified atom stereocenters. The number of rotatable bonds is 4. The summed E-state index contributed by atoms with van der Waals surface area (Å²) in [5.41, 5.74) is 1.45. The molecular weight excluding hydrogens is 160 g/mol. The predicted octanol–water partition coefficient (Wildman–Crippen LogP) is 3.78. The van der Waals surface area contributed by atoms with Crippen molar-refractivity contribution in [2.45, 2.75) is 53.9 Å². The van der Waals surface area contributed by atoms with E-state index in [1.54, 1.807) is 6.92 Å². The zero-order valence-corrected chi connectivity index (χ0v) is 9.93. The molecule has 1 heteroatoms. The summed E-state index contributed by atoms with van der Waals surface area (Å²) in [5.74, 6) is 0.899. The highest BCUT2D eigenvalue weighted by Gasteiger charge is 1.94. The van der Waals surface area contributed by atoms with Crippen LogP contribution in [0.3, 0.4) is 0 Å². The second-order valence-corrected chi connectivity index (χ2v) is 3.69. The number of hydrogen-bond donors (Lipinski definition) is 1. The normalized spacial score (nSPS) is 11.2. The minimum atomic E-state index is 0.250. The highest BCUT2D eigenvalue weighted by atomic mass is 16.2. The van der Waals surface area contributed by atoms with E-state index in [4.69, 9.17) is 5.11 Å². The molecule has 0 rings (SSSR count). The van der Waals surface area contributed by atoms with Gasteiger partial charge >= 0.3 is 0 Å². The molecule has 0 heterocycles. The Morgan fingerprint density at radius 2 is 1.77 bits per heavy atom. The van der Waals surface area contributed by atoms with Crippen LogP contribution in [0.1, 0.15) is 53.9 Å². The minimum Gasteiger partial charge on any atom is -0.397 e. The first kappa shape index (κ1) is 15.2. The van der Waals surface area contributed by atoms with Gasteiger partial charge in [0.05, 0.1) is 0 Å². The summed E-state index contributed by atoms with van der Waals surface area (Å²) >= 11 is 0. The van der Waals surface area contributed by atoms with E-state index < -0.39 is 0 Å². The van der Waals surface area contributed by atoms with Crippen molar-refractivity contribution < 1.29 is 5.11 Å². The van der Waals surface area contributed by atoms with Crippen molar-refractivity contribution in [3.63, 3.8) is 0 Å². The Bertz CT molecular complexity index is 112. The van der Waals surface area contributed by atoms with Gasteiger partial charge in [-0.25, -0.2) is 0 Å². The summed E-state index contributed by atoms with van der Waals surface area (Å²) in [6.07, 6.45) is 6.25. The van der Waals surface area contributed by atoms with E-state index in [0.29, 0.717) is 0 Å². The second-order valence-electron chi connectivity index (χ2n) is 3.69. The molecule has 1 atom stereocenters. The third-order valence-corrected chi connectivity index (χ3v) is 1.91. The quantitative estimate of drug-likeness (QED) is 0.662. The van der Waals surface area contributed by atoms with Gasteiger partial charge in [0, 0.05) is 6.61 Å². The van der Waals surface area contributed by atoms with Crippen molar-refractivity contribution in [2.75, 3.05) is 6.61 Å². The molecule has 1 N–H and O–H groups in total. The molecule has 0 bridgehead atoms. The lowest BCUT2D eigenvalue weighted by Gasteiger charge is -2.04. The van der Waals surface area contributed by atoms with Gasteiger partial charge in [-0.15, -0.1) is 0 Å². The third kappa shape index (κ3) is 18.6. The van der Waals surface area contributed by atoms with Gasteiger partial charge in [0.25, 0.3) is 0 Å². The molecule has 0 aromatic heterocycles. The van der Waals surface area contributed by atoms with Gasteiger partial charge in [-0.05, 0) is 39.5 Å². The Morgan fingerprint density at radius 3 is 2.08 bits per heavy atom. The summed E-state index contributed by atoms with van der Waals surface area (Å²) in [4.78, 5) is 0. The number of aliphatic hydroxyl groups excluding tert-OH is 1. The van der Waals surface area contributed by atoms with Crippen LogP contribution in [-0.4, -0.2) is 11.7 Å². The molecular formula is C12H26O. The Balaban J connectivity index is 0. The highest BCUT2D eigenvalue weighted by Crippen LogP contribution is 2.10. The Kier molecular flexibility index (Phi) is 13.7. The van der Waals surface area contributed by atoms with Gasteiger partial charge in [0.2, 0.25) is 0 Å². The Hall–Kier alpha value is -0.300. The first-order valence-corrected chi connectivity index (χ1v) is 5.32. The fourth-order valence-corrected chi connectivity index (χ4v) is 0.861. The van der Waals surface area contributed by atoms with Crippen LogP contribution in [0.15, 0.2) is 11.6 Å². The Labute approximate surface area is 83.9 Å². The Morgan fingerprint density at radius 1 is 1.31 bits per heavy atom. The number of allylic oxidation sites excluding steroid dienone is 2. The van der Waals surface area contributed by atoms with E-state index in [-0.39, 0.29) is 6.61 Å². The van der Waals surface area contributed by atoms with Crippen molar-refractivity contribution in [1.82, 2.24) is 0 Å². The maximum absolute atomic E-state index is 7.57. The molecule has 0 aromatic rings. The highest BCUT2D eigenvalue weighted by molar-refractivity contribution is 4.92.